The molecule has 5 heteroatoms. The molecule has 2 fully saturated rings. The Hall–Kier alpha value is -1.54. The van der Waals surface area contributed by atoms with Crippen molar-refractivity contribution in [1.29, 1.82) is 5.41 Å². The van der Waals surface area contributed by atoms with E-state index in [1.807, 2.05) is 7.05 Å². The van der Waals surface area contributed by atoms with Crippen LogP contribution in [0.15, 0.2) is 0 Å². The second-order valence-electron chi connectivity index (χ2n) is 4.11. The lowest BCUT2D eigenvalue weighted by molar-refractivity contribution is 0.185. The average molecular weight is 206 g/mol. The van der Waals surface area contributed by atoms with E-state index in [1.165, 1.54) is 0 Å². The Labute approximate surface area is 88.9 Å². The van der Waals surface area contributed by atoms with Crippen LogP contribution in [-0.2, 0) is 0 Å². The molecule has 0 aromatic rings. The van der Waals surface area contributed by atoms with E-state index in [0.29, 0.717) is 6.54 Å². The second kappa shape index (κ2) is 3.24. The molecule has 2 rings (SSSR count). The Morgan fingerprint density at radius 1 is 1.73 bits per heavy atom. The number of hydrogen-bond donors (Lipinski definition) is 2. The van der Waals surface area contributed by atoms with Crippen LogP contribution in [0, 0.1) is 17.8 Å². The van der Waals surface area contributed by atoms with E-state index >= 15 is 0 Å². The van der Waals surface area contributed by atoms with Crippen LogP contribution in [0.4, 0.5) is 4.79 Å². The molecule has 1 spiro atoms. The molecule has 1 unspecified atom stereocenters. The standard InChI is InChI=1S/C10H14N4O/c1-3-5-14-9(15)12-8(11)10(14)4-6-13(2)7-10/h1H,4-7H2,2H3,(H2,11,12,15). The van der Waals surface area contributed by atoms with Crippen LogP contribution in [0.3, 0.4) is 0 Å². The highest BCUT2D eigenvalue weighted by Gasteiger charge is 2.52. The van der Waals surface area contributed by atoms with Gasteiger partial charge in [0, 0.05) is 13.1 Å². The minimum atomic E-state index is -0.502. The number of amides is 2. The summed E-state index contributed by atoms with van der Waals surface area (Å²) in [5, 5.41) is 10.4. The summed E-state index contributed by atoms with van der Waals surface area (Å²) in [5.74, 6) is 2.76. The van der Waals surface area contributed by atoms with E-state index in [4.69, 9.17) is 11.8 Å². The summed E-state index contributed by atoms with van der Waals surface area (Å²) in [4.78, 5) is 15.3. The summed E-state index contributed by atoms with van der Waals surface area (Å²) >= 11 is 0. The Morgan fingerprint density at radius 3 is 3.00 bits per heavy atom. The van der Waals surface area contributed by atoms with Crippen molar-refractivity contribution in [1.82, 2.24) is 15.1 Å². The molecule has 0 bridgehead atoms. The van der Waals surface area contributed by atoms with Gasteiger partial charge in [0.2, 0.25) is 0 Å². The van der Waals surface area contributed by atoms with Gasteiger partial charge in [-0.3, -0.25) is 15.6 Å². The zero-order chi connectivity index (χ0) is 11.1. The van der Waals surface area contributed by atoms with Gasteiger partial charge in [-0.1, -0.05) is 5.92 Å². The summed E-state index contributed by atoms with van der Waals surface area (Å²) < 4.78 is 0. The molecule has 2 amide bonds. The van der Waals surface area contributed by atoms with Crippen LogP contribution in [0.25, 0.3) is 0 Å². The average Bonchev–Trinajstić information content (AvgIpc) is 2.65. The maximum Gasteiger partial charge on any atom is 0.324 e. The van der Waals surface area contributed by atoms with Crippen molar-refractivity contribution in [2.24, 2.45) is 0 Å². The Kier molecular flexibility index (Phi) is 2.16. The maximum atomic E-state index is 11.6. The van der Waals surface area contributed by atoms with E-state index in [-0.39, 0.29) is 18.4 Å². The molecule has 0 aliphatic carbocycles. The number of amidine groups is 1. The first-order valence-electron chi connectivity index (χ1n) is 4.90. The van der Waals surface area contributed by atoms with Crippen molar-refractivity contribution in [3.63, 3.8) is 0 Å². The van der Waals surface area contributed by atoms with Crippen LogP contribution in [0.5, 0.6) is 0 Å². The van der Waals surface area contributed by atoms with E-state index in [1.54, 1.807) is 4.90 Å². The van der Waals surface area contributed by atoms with Crippen LogP contribution >= 0.6 is 0 Å². The van der Waals surface area contributed by atoms with Gasteiger partial charge in [-0.05, 0) is 13.5 Å². The summed E-state index contributed by atoms with van der Waals surface area (Å²) in [6.07, 6.45) is 6.03. The molecule has 2 aliphatic rings. The fourth-order valence-corrected chi connectivity index (χ4v) is 2.34. The highest BCUT2D eigenvalue weighted by Crippen LogP contribution is 2.31. The fourth-order valence-electron chi connectivity index (χ4n) is 2.34. The lowest BCUT2D eigenvalue weighted by Crippen LogP contribution is -2.51. The molecule has 0 aromatic heterocycles. The highest BCUT2D eigenvalue weighted by molar-refractivity contribution is 6.08. The predicted octanol–water partition coefficient (Wildman–Crippen LogP) is -0.304. The summed E-state index contributed by atoms with van der Waals surface area (Å²) in [5.41, 5.74) is -0.502. The Bertz CT molecular complexity index is 359. The predicted molar refractivity (Wildman–Crippen MR) is 56.6 cm³/mol. The molecule has 0 aromatic carbocycles. The number of likely N-dealkylation sites (N-methyl/N-ethyl adjacent to an activating group) is 1. The van der Waals surface area contributed by atoms with Crippen molar-refractivity contribution in [2.75, 3.05) is 26.7 Å². The van der Waals surface area contributed by atoms with Gasteiger partial charge in [-0.2, -0.15) is 0 Å². The number of nitrogens with zero attached hydrogens (tertiary/aromatic N) is 2. The molecule has 15 heavy (non-hydrogen) atoms. The van der Waals surface area contributed by atoms with Crippen molar-refractivity contribution in [2.45, 2.75) is 12.0 Å². The van der Waals surface area contributed by atoms with Gasteiger partial charge in [0.15, 0.2) is 0 Å². The van der Waals surface area contributed by atoms with E-state index in [2.05, 4.69) is 16.1 Å². The number of terminal acetylenes is 1. The highest BCUT2D eigenvalue weighted by atomic mass is 16.2. The van der Waals surface area contributed by atoms with Gasteiger partial charge < -0.3 is 4.90 Å². The van der Waals surface area contributed by atoms with Crippen molar-refractivity contribution < 1.29 is 4.79 Å². The van der Waals surface area contributed by atoms with Crippen LogP contribution in [0.2, 0.25) is 0 Å². The van der Waals surface area contributed by atoms with Crippen LogP contribution in [-0.4, -0.2) is 53.9 Å². The first kappa shape index (κ1) is 9.99. The number of rotatable bonds is 1. The molecule has 5 nitrogen and oxygen atoms in total. The maximum absolute atomic E-state index is 11.6. The third-order valence-electron chi connectivity index (χ3n) is 3.15. The SMILES string of the molecule is C#CCN1C(=O)NC(=N)C12CCN(C)C2. The molecular formula is C10H14N4O. The number of urea groups is 1. The van der Waals surface area contributed by atoms with Crippen LogP contribution in [0.1, 0.15) is 6.42 Å². The quantitative estimate of drug-likeness (QED) is 0.578. The van der Waals surface area contributed by atoms with Gasteiger partial charge >= 0.3 is 6.03 Å². The largest absolute Gasteiger partial charge is 0.324 e. The van der Waals surface area contributed by atoms with E-state index in [9.17, 15) is 4.79 Å². The summed E-state index contributed by atoms with van der Waals surface area (Å²) in [6, 6.07) is -0.242. The molecule has 0 radical (unpaired) electrons. The first-order chi connectivity index (χ1) is 7.10. The third kappa shape index (κ3) is 1.29. The van der Waals surface area contributed by atoms with Gasteiger partial charge in [0.25, 0.3) is 0 Å². The lowest BCUT2D eigenvalue weighted by Gasteiger charge is -2.31. The molecule has 2 aliphatic heterocycles. The smallest absolute Gasteiger partial charge is 0.303 e. The monoisotopic (exact) mass is 206 g/mol. The van der Waals surface area contributed by atoms with Gasteiger partial charge in [0.05, 0.1) is 6.54 Å². The number of likely N-dealkylation sites (tertiary alicyclic amines) is 1. The molecule has 2 heterocycles. The zero-order valence-corrected chi connectivity index (χ0v) is 8.71. The van der Waals surface area contributed by atoms with Gasteiger partial charge in [-0.15, -0.1) is 6.42 Å². The Balaban J connectivity index is 2.31. The van der Waals surface area contributed by atoms with Crippen molar-refractivity contribution >= 4 is 11.9 Å². The van der Waals surface area contributed by atoms with E-state index < -0.39 is 5.54 Å². The second-order valence-corrected chi connectivity index (χ2v) is 4.11. The molecule has 2 saturated heterocycles. The summed E-state index contributed by atoms with van der Waals surface area (Å²) in [6.45, 7) is 1.84. The van der Waals surface area contributed by atoms with E-state index in [0.717, 1.165) is 13.0 Å². The van der Waals surface area contributed by atoms with Crippen LogP contribution < -0.4 is 5.32 Å². The minimum Gasteiger partial charge on any atom is -0.303 e. The molecular weight excluding hydrogens is 192 g/mol. The number of nitrogens with one attached hydrogen (secondary N) is 2. The Morgan fingerprint density at radius 2 is 2.47 bits per heavy atom. The summed E-state index contributed by atoms with van der Waals surface area (Å²) in [7, 11) is 1.99. The lowest BCUT2D eigenvalue weighted by atomic mass is 9.96. The van der Waals surface area contributed by atoms with Gasteiger partial charge in [-0.25, -0.2) is 4.79 Å². The van der Waals surface area contributed by atoms with Crippen molar-refractivity contribution in [3.05, 3.63) is 0 Å². The minimum absolute atomic E-state index is 0.242. The molecule has 2 N–H and O–H groups in total. The fraction of sp³-hybridized carbons (Fsp3) is 0.600. The first-order valence-corrected chi connectivity index (χ1v) is 4.90. The normalized spacial score (nSPS) is 31.1. The number of carbonyl (C=O) groups is 1. The zero-order valence-electron chi connectivity index (χ0n) is 8.71. The topological polar surface area (TPSA) is 59.4 Å². The molecule has 1 atom stereocenters. The van der Waals surface area contributed by atoms with Gasteiger partial charge in [0.1, 0.15) is 11.4 Å². The van der Waals surface area contributed by atoms with Crippen molar-refractivity contribution in [3.8, 4) is 12.3 Å². The number of carbonyl (C=O) groups excluding carboxylic acids is 1. The number of hydrogen-bond acceptors (Lipinski definition) is 3. The molecule has 80 valence electrons. The third-order valence-corrected chi connectivity index (χ3v) is 3.15. The molecule has 0 saturated carbocycles.